The summed E-state index contributed by atoms with van der Waals surface area (Å²) in [5.41, 5.74) is 0. The van der Waals surface area contributed by atoms with Gasteiger partial charge in [-0.25, -0.2) is 4.57 Å². The average Bonchev–Trinajstić information content (AvgIpc) is 3.17. The van der Waals surface area contributed by atoms with E-state index in [9.17, 15) is 24.2 Å². The molecule has 10 nitrogen and oxygen atoms in total. The molecule has 3 atom stereocenters. The van der Waals surface area contributed by atoms with Gasteiger partial charge in [0.2, 0.25) is 0 Å². The van der Waals surface area contributed by atoms with Gasteiger partial charge in [-0.2, -0.15) is 0 Å². The molecule has 0 saturated heterocycles. The lowest BCUT2D eigenvalue weighted by atomic mass is 10.1. The molecule has 0 aliphatic rings. The monoisotopic (exact) mass is 792 g/mol. The van der Waals surface area contributed by atoms with E-state index in [-0.39, 0.29) is 19.4 Å². The highest BCUT2D eigenvalue weighted by Gasteiger charge is 2.27. The molecule has 0 fully saturated rings. The molecular weight excluding hydrogens is 719 g/mol. The maximum atomic E-state index is 12.6. The highest BCUT2D eigenvalue weighted by atomic mass is 31.2. The zero-order valence-electron chi connectivity index (χ0n) is 33.9. The zero-order valence-corrected chi connectivity index (χ0v) is 34.7. The lowest BCUT2D eigenvalue weighted by molar-refractivity contribution is -0.161. The fraction of sp³-hybridized carbons (Fsp3) is 0.636. The molecule has 0 spiro atoms. The minimum Gasteiger partial charge on any atom is -0.462 e. The Morgan fingerprint density at radius 2 is 1.02 bits per heavy atom. The number of aliphatic hydroxyl groups is 2. The van der Waals surface area contributed by atoms with Gasteiger partial charge >= 0.3 is 19.8 Å². The Kier molecular flexibility index (Phi) is 37.3. The van der Waals surface area contributed by atoms with E-state index in [0.29, 0.717) is 19.3 Å². The van der Waals surface area contributed by atoms with Crippen LogP contribution in [0.4, 0.5) is 0 Å². The van der Waals surface area contributed by atoms with Gasteiger partial charge in [-0.1, -0.05) is 131 Å². The van der Waals surface area contributed by atoms with E-state index in [4.69, 9.17) is 19.1 Å². The number of esters is 2. The fourth-order valence-corrected chi connectivity index (χ4v) is 5.67. The summed E-state index contributed by atoms with van der Waals surface area (Å²) in [4.78, 5) is 34.9. The molecule has 3 unspecified atom stereocenters. The molecule has 0 aromatic carbocycles. The Balaban J connectivity index is 4.48. The number of unbranched alkanes of at least 4 members (excludes halogenated alkanes) is 9. The Bertz CT molecular complexity index is 1190. The quantitative estimate of drug-likeness (QED) is 0.0240. The lowest BCUT2D eigenvalue weighted by Crippen LogP contribution is -2.29. The highest BCUT2D eigenvalue weighted by Crippen LogP contribution is 2.43. The topological polar surface area (TPSA) is 149 Å². The number of carbonyl (C=O) groups is 2. The Morgan fingerprint density at radius 1 is 0.564 bits per heavy atom. The summed E-state index contributed by atoms with van der Waals surface area (Å²) in [7, 11) is -4.64. The number of hydrogen-bond acceptors (Lipinski definition) is 9. The number of phosphoric ester groups is 1. The molecule has 0 saturated carbocycles. The Morgan fingerprint density at radius 3 is 1.56 bits per heavy atom. The van der Waals surface area contributed by atoms with Crippen molar-refractivity contribution < 1.29 is 47.8 Å². The highest BCUT2D eigenvalue weighted by molar-refractivity contribution is 7.47. The minimum absolute atomic E-state index is 0.0979. The van der Waals surface area contributed by atoms with E-state index in [1.165, 1.54) is 19.3 Å². The van der Waals surface area contributed by atoms with Gasteiger partial charge in [0, 0.05) is 12.8 Å². The van der Waals surface area contributed by atoms with Crippen molar-refractivity contribution in [2.24, 2.45) is 0 Å². The molecule has 11 heteroatoms. The third kappa shape index (κ3) is 39.2. The van der Waals surface area contributed by atoms with Crippen molar-refractivity contribution in [2.75, 3.05) is 26.4 Å². The number of ether oxygens (including phenoxy) is 2. The second-order valence-electron chi connectivity index (χ2n) is 13.3. The minimum atomic E-state index is -4.64. The molecule has 0 aliphatic carbocycles. The molecule has 55 heavy (non-hydrogen) atoms. The molecule has 0 aromatic heterocycles. The molecule has 0 aromatic rings. The van der Waals surface area contributed by atoms with Crippen LogP contribution in [0.15, 0.2) is 85.1 Å². The van der Waals surface area contributed by atoms with Crippen LogP contribution in [0.3, 0.4) is 0 Å². The molecule has 0 amide bonds. The van der Waals surface area contributed by atoms with E-state index in [1.54, 1.807) is 0 Å². The van der Waals surface area contributed by atoms with Crippen LogP contribution in [0, 0.1) is 0 Å². The number of aliphatic hydroxyl groups excluding tert-OH is 2. The van der Waals surface area contributed by atoms with Gasteiger partial charge in [-0.3, -0.25) is 18.6 Å². The predicted molar refractivity (Wildman–Crippen MR) is 223 cm³/mol. The second-order valence-corrected chi connectivity index (χ2v) is 14.7. The van der Waals surface area contributed by atoms with Crippen molar-refractivity contribution in [3.05, 3.63) is 85.1 Å². The fourth-order valence-electron chi connectivity index (χ4n) is 4.88. The van der Waals surface area contributed by atoms with Gasteiger partial charge in [0.1, 0.15) is 12.7 Å². The van der Waals surface area contributed by atoms with Crippen LogP contribution in [-0.4, -0.2) is 65.7 Å². The van der Waals surface area contributed by atoms with Crippen molar-refractivity contribution in [3.63, 3.8) is 0 Å². The van der Waals surface area contributed by atoms with Gasteiger partial charge in [0.15, 0.2) is 6.10 Å². The van der Waals surface area contributed by atoms with E-state index in [1.807, 2.05) is 12.2 Å². The van der Waals surface area contributed by atoms with E-state index in [0.717, 1.165) is 77.0 Å². The van der Waals surface area contributed by atoms with Crippen LogP contribution in [0.2, 0.25) is 0 Å². The third-order valence-electron chi connectivity index (χ3n) is 8.03. The number of allylic oxidation sites excluding steroid dienone is 14. The van der Waals surface area contributed by atoms with E-state index < -0.39 is 51.8 Å². The Hall–Kier alpha value is -2.85. The maximum Gasteiger partial charge on any atom is 0.472 e. The largest absolute Gasteiger partial charge is 0.472 e. The predicted octanol–water partition coefficient (Wildman–Crippen LogP) is 10.7. The van der Waals surface area contributed by atoms with Gasteiger partial charge in [0.25, 0.3) is 0 Å². The first-order valence-electron chi connectivity index (χ1n) is 20.5. The molecule has 0 aliphatic heterocycles. The number of rotatable bonds is 37. The van der Waals surface area contributed by atoms with Gasteiger partial charge in [-0.15, -0.1) is 0 Å². The van der Waals surface area contributed by atoms with Crippen LogP contribution in [-0.2, 0) is 32.7 Å². The average molecular weight is 793 g/mol. The van der Waals surface area contributed by atoms with Crippen molar-refractivity contribution in [1.29, 1.82) is 0 Å². The third-order valence-corrected chi connectivity index (χ3v) is 8.98. The maximum absolute atomic E-state index is 12.6. The van der Waals surface area contributed by atoms with Crippen LogP contribution < -0.4 is 0 Å². The van der Waals surface area contributed by atoms with Crippen LogP contribution in [0.5, 0.6) is 0 Å². The van der Waals surface area contributed by atoms with Crippen molar-refractivity contribution in [1.82, 2.24) is 0 Å². The second kappa shape index (κ2) is 39.4. The summed E-state index contributed by atoms with van der Waals surface area (Å²) in [6.07, 6.45) is 45.5. The number of phosphoric acid groups is 1. The normalized spacial score (nSPS) is 14.8. The first-order valence-corrected chi connectivity index (χ1v) is 22.0. The standard InChI is InChI=1S/C44H73O10P/c1-3-5-7-9-11-13-15-17-19-20-22-24-26-28-30-32-34-36-44(48)54-42(40-53-55(49,50)52-38-41(46)37-45)39-51-43(47)35-33-31-29-27-25-23-21-18-16-14-12-10-8-6-4-2/h5,7,11-14,17-19,21-22,24,28,30,41-42,45-46H,3-4,6,8-10,15-16,20,23,25-27,29,31-40H2,1-2H3,(H,49,50)/b7-5-,13-11-,14-12-,19-17-,21-18-,24-22-,30-28-. The van der Waals surface area contributed by atoms with Gasteiger partial charge in [0.05, 0.1) is 19.8 Å². The zero-order chi connectivity index (χ0) is 40.5. The lowest BCUT2D eigenvalue weighted by Gasteiger charge is -2.20. The molecular formula is C44H73O10P. The molecule has 0 radical (unpaired) electrons. The summed E-state index contributed by atoms with van der Waals surface area (Å²) in [5, 5.41) is 18.3. The smallest absolute Gasteiger partial charge is 0.462 e. The summed E-state index contributed by atoms with van der Waals surface area (Å²) in [6, 6.07) is 0. The van der Waals surface area contributed by atoms with Crippen molar-refractivity contribution in [3.8, 4) is 0 Å². The number of hydrogen-bond donors (Lipinski definition) is 3. The molecule has 314 valence electrons. The van der Waals surface area contributed by atoms with Crippen LogP contribution in [0.1, 0.15) is 142 Å². The van der Waals surface area contributed by atoms with E-state index >= 15 is 0 Å². The Labute approximate surface area is 332 Å². The molecule has 0 bridgehead atoms. The SMILES string of the molecule is CC/C=C\C/C=C\C/C=C\C/C=C\C/C=C\CCCC(=O)OC(COC(=O)CCCCCCC/C=C\C/C=C\CCCCC)COP(=O)(O)OCC(O)CO. The summed E-state index contributed by atoms with van der Waals surface area (Å²) in [5.74, 6) is -1.02. The van der Waals surface area contributed by atoms with Gasteiger partial charge in [-0.05, 0) is 83.5 Å². The summed E-state index contributed by atoms with van der Waals surface area (Å²) in [6.45, 7) is 2.13. The summed E-state index contributed by atoms with van der Waals surface area (Å²) >= 11 is 0. The first kappa shape index (κ1) is 52.2. The van der Waals surface area contributed by atoms with Crippen LogP contribution >= 0.6 is 7.82 Å². The molecule has 0 heterocycles. The van der Waals surface area contributed by atoms with Crippen molar-refractivity contribution >= 4 is 19.8 Å². The molecule has 0 rings (SSSR count). The van der Waals surface area contributed by atoms with Gasteiger partial charge < -0.3 is 24.6 Å². The first-order chi connectivity index (χ1) is 26.7. The molecule has 3 N–H and O–H groups in total. The van der Waals surface area contributed by atoms with Crippen molar-refractivity contribution in [2.45, 2.75) is 154 Å². The van der Waals surface area contributed by atoms with Crippen LogP contribution in [0.25, 0.3) is 0 Å². The van der Waals surface area contributed by atoms with E-state index in [2.05, 4.69) is 91.3 Å². The number of carbonyl (C=O) groups excluding carboxylic acids is 2. The summed E-state index contributed by atoms with van der Waals surface area (Å²) < 4.78 is 32.6.